The van der Waals surface area contributed by atoms with Crippen LogP contribution in [0.3, 0.4) is 0 Å². The molecule has 2 aromatic heterocycles. The quantitative estimate of drug-likeness (QED) is 0.224. The highest BCUT2D eigenvalue weighted by atomic mass is 79.9. The Balaban J connectivity index is 1.43. The molecule has 0 aliphatic heterocycles. The normalized spacial score (nSPS) is 11.6. The second kappa shape index (κ2) is 9.28. The fourth-order valence-corrected chi connectivity index (χ4v) is 4.80. The van der Waals surface area contributed by atoms with E-state index >= 15 is 0 Å². The van der Waals surface area contributed by atoms with Gasteiger partial charge in [-0.15, -0.1) is 11.3 Å². The number of carbonyl (C=O) groups excluding carboxylic acids is 2. The van der Waals surface area contributed by atoms with Gasteiger partial charge in [-0.3, -0.25) is 9.59 Å². The number of thiophene rings is 1. The summed E-state index contributed by atoms with van der Waals surface area (Å²) in [5, 5.41) is 8.24. The Bertz CT molecular complexity index is 1360. The van der Waals surface area contributed by atoms with E-state index in [1.807, 2.05) is 25.1 Å². The number of rotatable bonds is 5. The first-order valence-corrected chi connectivity index (χ1v) is 11.5. The number of nitrogens with zero attached hydrogens (tertiary/aromatic N) is 1. The van der Waals surface area contributed by atoms with Crippen molar-refractivity contribution in [2.75, 3.05) is 5.32 Å². The van der Waals surface area contributed by atoms with Gasteiger partial charge in [-0.2, -0.15) is 5.10 Å². The molecule has 4 rings (SSSR count). The fraction of sp³-hybridized carbons (Fsp3) is 0.0870. The van der Waals surface area contributed by atoms with Crippen molar-refractivity contribution in [3.05, 3.63) is 86.1 Å². The molecule has 2 N–H and O–H groups in total. The first-order chi connectivity index (χ1) is 15.3. The topological polar surface area (TPSA) is 83.7 Å². The van der Waals surface area contributed by atoms with Gasteiger partial charge in [0.1, 0.15) is 4.88 Å². The molecule has 0 radical (unpaired) electrons. The Labute approximate surface area is 201 Å². The fourth-order valence-electron chi connectivity index (χ4n) is 2.99. The molecule has 0 aliphatic carbocycles. The van der Waals surface area contributed by atoms with E-state index in [1.54, 1.807) is 43.3 Å². The molecule has 0 unspecified atom stereocenters. The number of benzene rings is 2. The second-order valence-corrected chi connectivity index (χ2v) is 9.23. The number of fused-ring (bicyclic) bond motifs is 1. The number of aryl methyl sites for hydroxylation is 1. The minimum absolute atomic E-state index is 0.205. The largest absolute Gasteiger partial charge is 0.444 e. The van der Waals surface area contributed by atoms with Crippen LogP contribution in [0.4, 0.5) is 5.69 Å². The van der Waals surface area contributed by atoms with Crippen LogP contribution in [0.15, 0.2) is 68.8 Å². The van der Waals surface area contributed by atoms with E-state index in [1.165, 1.54) is 11.3 Å². The molecule has 0 bridgehead atoms. The zero-order valence-electron chi connectivity index (χ0n) is 17.0. The van der Waals surface area contributed by atoms with Crippen LogP contribution >= 0.6 is 38.9 Å². The van der Waals surface area contributed by atoms with Crippen LogP contribution in [0.5, 0.6) is 0 Å². The van der Waals surface area contributed by atoms with Crippen molar-refractivity contribution in [2.24, 2.45) is 5.10 Å². The Kier molecular flexibility index (Phi) is 6.45. The molecule has 0 atom stereocenters. The molecule has 2 amide bonds. The van der Waals surface area contributed by atoms with Gasteiger partial charge in [0.05, 0.1) is 10.7 Å². The third-order valence-corrected chi connectivity index (χ3v) is 6.76. The number of hydrogen-bond acceptors (Lipinski definition) is 5. The summed E-state index contributed by atoms with van der Waals surface area (Å²) >= 11 is 10.9. The summed E-state index contributed by atoms with van der Waals surface area (Å²) in [6.07, 6.45) is 0. The van der Waals surface area contributed by atoms with Gasteiger partial charge in [0.2, 0.25) is 0 Å². The molecule has 2 heterocycles. The highest BCUT2D eigenvalue weighted by molar-refractivity contribution is 9.10. The summed E-state index contributed by atoms with van der Waals surface area (Å²) in [5.74, 6) is -0.505. The molecule has 4 aromatic rings. The van der Waals surface area contributed by atoms with Gasteiger partial charge in [0, 0.05) is 15.8 Å². The van der Waals surface area contributed by atoms with Gasteiger partial charge in [0.25, 0.3) is 11.8 Å². The molecule has 0 spiro atoms. The zero-order chi connectivity index (χ0) is 22.8. The average Bonchev–Trinajstić information content (AvgIpc) is 3.35. The standard InChI is InChI=1S/C23H17BrClN3O3S/c1-12-3-8-16-18(11-12)32-21(20(16)25)23(30)28-27-13(2)14-4-6-15(7-5-14)26-22(29)17-9-10-19(24)31-17/h3-11H,1-2H3,(H,26,29)(H,28,30)/b27-13+. The Morgan fingerprint density at radius 2 is 1.81 bits per heavy atom. The summed E-state index contributed by atoms with van der Waals surface area (Å²) in [4.78, 5) is 25.2. The number of nitrogens with one attached hydrogen (secondary N) is 2. The van der Waals surface area contributed by atoms with Crippen LogP contribution in [-0.2, 0) is 0 Å². The predicted molar refractivity (Wildman–Crippen MR) is 132 cm³/mol. The molecular formula is C23H17BrClN3O3S. The van der Waals surface area contributed by atoms with Crippen molar-refractivity contribution in [2.45, 2.75) is 13.8 Å². The summed E-state index contributed by atoms with van der Waals surface area (Å²) in [6, 6.07) is 16.2. The van der Waals surface area contributed by atoms with Crippen molar-refractivity contribution in [1.82, 2.24) is 5.43 Å². The highest BCUT2D eigenvalue weighted by Crippen LogP contribution is 2.35. The summed E-state index contributed by atoms with van der Waals surface area (Å²) in [5.41, 5.74) is 5.69. The zero-order valence-corrected chi connectivity index (χ0v) is 20.2. The highest BCUT2D eigenvalue weighted by Gasteiger charge is 2.17. The lowest BCUT2D eigenvalue weighted by atomic mass is 10.1. The summed E-state index contributed by atoms with van der Waals surface area (Å²) in [7, 11) is 0. The van der Waals surface area contributed by atoms with E-state index < -0.39 is 0 Å². The van der Waals surface area contributed by atoms with Crippen molar-refractivity contribution in [3.63, 3.8) is 0 Å². The summed E-state index contributed by atoms with van der Waals surface area (Å²) < 4.78 is 6.68. The Morgan fingerprint density at radius 1 is 1.06 bits per heavy atom. The third-order valence-electron chi connectivity index (χ3n) is 4.67. The number of carbonyl (C=O) groups is 2. The minimum Gasteiger partial charge on any atom is -0.444 e. The molecule has 162 valence electrons. The molecule has 0 fully saturated rings. The number of amides is 2. The van der Waals surface area contributed by atoms with Crippen LogP contribution in [0, 0.1) is 6.92 Å². The van der Waals surface area contributed by atoms with Gasteiger partial charge in [-0.25, -0.2) is 5.43 Å². The van der Waals surface area contributed by atoms with E-state index in [9.17, 15) is 9.59 Å². The number of hydrogen-bond donors (Lipinski definition) is 2. The van der Waals surface area contributed by atoms with Gasteiger partial charge >= 0.3 is 0 Å². The molecule has 0 saturated carbocycles. The van der Waals surface area contributed by atoms with E-state index in [4.69, 9.17) is 16.0 Å². The molecule has 2 aromatic carbocycles. The lowest BCUT2D eigenvalue weighted by Gasteiger charge is -2.06. The van der Waals surface area contributed by atoms with Gasteiger partial charge in [-0.05, 0) is 71.2 Å². The van der Waals surface area contributed by atoms with Crippen molar-refractivity contribution in [1.29, 1.82) is 0 Å². The van der Waals surface area contributed by atoms with E-state index in [0.29, 0.717) is 26.0 Å². The maximum Gasteiger partial charge on any atom is 0.291 e. The van der Waals surface area contributed by atoms with Gasteiger partial charge in [-0.1, -0.05) is 35.9 Å². The van der Waals surface area contributed by atoms with Crippen molar-refractivity contribution < 1.29 is 14.0 Å². The minimum atomic E-state index is -0.360. The van der Waals surface area contributed by atoms with Gasteiger partial charge in [0.15, 0.2) is 10.4 Å². The monoisotopic (exact) mass is 529 g/mol. The Hall–Kier alpha value is -2.94. The van der Waals surface area contributed by atoms with Crippen LogP contribution in [0.2, 0.25) is 5.02 Å². The molecule has 32 heavy (non-hydrogen) atoms. The first-order valence-electron chi connectivity index (χ1n) is 9.52. The third kappa shape index (κ3) is 4.77. The molecule has 9 heteroatoms. The number of halogens is 2. The van der Waals surface area contributed by atoms with Crippen LogP contribution in [-0.4, -0.2) is 17.5 Å². The van der Waals surface area contributed by atoms with Crippen molar-refractivity contribution >= 4 is 72.2 Å². The van der Waals surface area contributed by atoms with Crippen molar-refractivity contribution in [3.8, 4) is 0 Å². The van der Waals surface area contributed by atoms with E-state index in [2.05, 4.69) is 31.8 Å². The molecule has 0 aliphatic rings. The second-order valence-electron chi connectivity index (χ2n) is 7.02. The van der Waals surface area contributed by atoms with Crippen LogP contribution in [0.25, 0.3) is 10.1 Å². The number of furan rings is 1. The van der Waals surface area contributed by atoms with E-state index in [-0.39, 0.29) is 17.6 Å². The maximum atomic E-state index is 12.6. The molecular weight excluding hydrogens is 514 g/mol. The smallest absolute Gasteiger partial charge is 0.291 e. The lowest BCUT2D eigenvalue weighted by Crippen LogP contribution is -2.18. The first kappa shape index (κ1) is 22.3. The van der Waals surface area contributed by atoms with Crippen LogP contribution < -0.4 is 10.7 Å². The number of hydrazone groups is 1. The average molecular weight is 531 g/mol. The maximum absolute atomic E-state index is 12.6. The molecule has 6 nitrogen and oxygen atoms in total. The Morgan fingerprint density at radius 3 is 2.50 bits per heavy atom. The van der Waals surface area contributed by atoms with Crippen LogP contribution in [0.1, 0.15) is 38.3 Å². The van der Waals surface area contributed by atoms with E-state index in [0.717, 1.165) is 21.2 Å². The number of anilines is 1. The van der Waals surface area contributed by atoms with Gasteiger partial charge < -0.3 is 9.73 Å². The molecule has 0 saturated heterocycles. The lowest BCUT2D eigenvalue weighted by molar-refractivity contribution is 0.0957. The SMILES string of the molecule is C/C(=N\NC(=O)c1sc2cc(C)ccc2c1Cl)c1ccc(NC(=O)c2ccc(Br)o2)cc1. The summed E-state index contributed by atoms with van der Waals surface area (Å²) in [6.45, 7) is 3.78. The predicted octanol–water partition coefficient (Wildman–Crippen LogP) is 6.62.